The zero-order valence-corrected chi connectivity index (χ0v) is 14.6. The molecule has 4 nitrogen and oxygen atoms in total. The molecule has 3 rings (SSSR count). The van der Waals surface area contributed by atoms with Crippen LogP contribution in [0.3, 0.4) is 0 Å². The largest absolute Gasteiger partial charge is 0.416 e. The summed E-state index contributed by atoms with van der Waals surface area (Å²) in [7, 11) is 2.04. The first kappa shape index (κ1) is 18.0. The summed E-state index contributed by atoms with van der Waals surface area (Å²) in [6.07, 6.45) is -2.15. The highest BCUT2D eigenvalue weighted by Crippen LogP contribution is 2.36. The summed E-state index contributed by atoms with van der Waals surface area (Å²) < 4.78 is 38.4. The smallest absolute Gasteiger partial charge is 0.356 e. The fraction of sp³-hybridized carbons (Fsp3) is 0.611. The molecule has 0 aromatic heterocycles. The number of benzene rings is 1. The van der Waals surface area contributed by atoms with Gasteiger partial charge in [-0.2, -0.15) is 13.2 Å². The minimum atomic E-state index is -4.29. The van der Waals surface area contributed by atoms with Crippen molar-refractivity contribution in [2.75, 3.05) is 26.7 Å². The van der Waals surface area contributed by atoms with Crippen molar-refractivity contribution in [1.82, 2.24) is 15.5 Å². The summed E-state index contributed by atoms with van der Waals surface area (Å²) in [6, 6.07) is 6.08. The molecule has 2 aliphatic rings. The van der Waals surface area contributed by atoms with Crippen molar-refractivity contribution in [3.8, 4) is 0 Å². The summed E-state index contributed by atoms with van der Waals surface area (Å²) in [5.74, 6) is 1.16. The summed E-state index contributed by atoms with van der Waals surface area (Å²) >= 11 is 0. The number of likely N-dealkylation sites (tertiary alicyclic amines) is 1. The van der Waals surface area contributed by atoms with Crippen molar-refractivity contribution < 1.29 is 13.2 Å². The number of nitrogens with zero attached hydrogens (tertiary/aromatic N) is 2. The first-order chi connectivity index (χ1) is 11.8. The van der Waals surface area contributed by atoms with Gasteiger partial charge in [0.2, 0.25) is 0 Å². The van der Waals surface area contributed by atoms with E-state index in [4.69, 9.17) is 0 Å². The van der Waals surface area contributed by atoms with Gasteiger partial charge in [-0.3, -0.25) is 9.89 Å². The lowest BCUT2D eigenvalue weighted by atomic mass is 9.84. The summed E-state index contributed by atoms with van der Waals surface area (Å²) in [5.41, 5.74) is 0.347. The van der Waals surface area contributed by atoms with Crippen LogP contribution in [0.2, 0.25) is 0 Å². The minimum absolute atomic E-state index is 0.114. The number of guanidine groups is 1. The van der Waals surface area contributed by atoms with Crippen molar-refractivity contribution in [3.63, 3.8) is 0 Å². The van der Waals surface area contributed by atoms with Gasteiger partial charge in [-0.25, -0.2) is 0 Å². The Labute approximate surface area is 146 Å². The van der Waals surface area contributed by atoms with Gasteiger partial charge in [-0.05, 0) is 57.0 Å². The van der Waals surface area contributed by atoms with Gasteiger partial charge in [-0.1, -0.05) is 12.1 Å². The summed E-state index contributed by atoms with van der Waals surface area (Å²) in [4.78, 5) is 6.65. The lowest BCUT2D eigenvalue weighted by Crippen LogP contribution is -2.44. The van der Waals surface area contributed by atoms with E-state index < -0.39 is 11.7 Å². The second-order valence-electron chi connectivity index (χ2n) is 7.06. The topological polar surface area (TPSA) is 39.7 Å². The molecular formula is C18H25F3N4. The van der Waals surface area contributed by atoms with Crippen LogP contribution in [-0.4, -0.2) is 43.6 Å². The number of hydrogen-bond acceptors (Lipinski definition) is 4. The molecule has 1 aromatic carbocycles. The van der Waals surface area contributed by atoms with Crippen LogP contribution in [0.15, 0.2) is 29.3 Å². The third-order valence-electron chi connectivity index (χ3n) is 5.02. The van der Waals surface area contributed by atoms with E-state index in [1.807, 2.05) is 7.05 Å². The summed E-state index contributed by atoms with van der Waals surface area (Å²) in [5, 5.41) is 6.65. The number of nitrogens with one attached hydrogen (secondary N) is 2. The molecule has 1 aromatic rings. The second-order valence-corrected chi connectivity index (χ2v) is 7.06. The maximum absolute atomic E-state index is 12.8. The van der Waals surface area contributed by atoms with Crippen LogP contribution in [0.4, 0.5) is 13.2 Å². The molecule has 0 aliphatic carbocycles. The molecule has 7 heteroatoms. The van der Waals surface area contributed by atoms with E-state index in [0.717, 1.165) is 44.0 Å². The minimum Gasteiger partial charge on any atom is -0.356 e. The van der Waals surface area contributed by atoms with E-state index in [9.17, 15) is 13.2 Å². The normalized spacial score (nSPS) is 27.7. The molecule has 0 radical (unpaired) electrons. The van der Waals surface area contributed by atoms with Gasteiger partial charge >= 0.3 is 6.18 Å². The average Bonchev–Trinajstić information content (AvgIpc) is 2.98. The maximum atomic E-state index is 12.8. The SMILES string of the molecule is CC1CN=C(NCC2CCCN(C)C2c2ccc(C(F)(F)F)cc2)N1. The number of rotatable bonds is 3. The molecule has 2 heterocycles. The van der Waals surface area contributed by atoms with Gasteiger partial charge in [0.25, 0.3) is 0 Å². The standard InChI is InChI=1S/C18H25F3N4/c1-12-10-22-17(24-12)23-11-14-4-3-9-25(2)16(14)13-5-7-15(8-6-13)18(19,20)21/h5-8,12,14,16H,3-4,9-11H2,1-2H3,(H2,22,23,24). The molecule has 25 heavy (non-hydrogen) atoms. The number of hydrogen-bond donors (Lipinski definition) is 2. The van der Waals surface area contributed by atoms with Crippen molar-refractivity contribution in [2.45, 2.75) is 38.0 Å². The molecule has 2 aliphatic heterocycles. The quantitative estimate of drug-likeness (QED) is 0.877. The Morgan fingerprint density at radius 2 is 2.00 bits per heavy atom. The molecule has 3 unspecified atom stereocenters. The van der Waals surface area contributed by atoms with Crippen LogP contribution < -0.4 is 10.6 Å². The van der Waals surface area contributed by atoms with Gasteiger partial charge in [0.15, 0.2) is 5.96 Å². The van der Waals surface area contributed by atoms with Gasteiger partial charge in [0, 0.05) is 18.6 Å². The Morgan fingerprint density at radius 3 is 2.60 bits per heavy atom. The Balaban J connectivity index is 1.71. The van der Waals surface area contributed by atoms with Crippen molar-refractivity contribution >= 4 is 5.96 Å². The molecule has 0 bridgehead atoms. The van der Waals surface area contributed by atoms with Crippen LogP contribution in [0, 0.1) is 5.92 Å². The number of alkyl halides is 3. The predicted molar refractivity (Wildman–Crippen MR) is 92.4 cm³/mol. The lowest BCUT2D eigenvalue weighted by molar-refractivity contribution is -0.137. The molecule has 1 saturated heterocycles. The van der Waals surface area contributed by atoms with E-state index in [1.54, 1.807) is 12.1 Å². The Bertz CT molecular complexity index is 612. The van der Waals surface area contributed by atoms with Gasteiger partial charge in [0.05, 0.1) is 12.1 Å². The molecule has 3 atom stereocenters. The highest BCUT2D eigenvalue weighted by atomic mass is 19.4. The maximum Gasteiger partial charge on any atom is 0.416 e. The molecule has 1 fully saturated rings. The Kier molecular flexibility index (Phi) is 5.22. The number of aliphatic imine (C=N–C) groups is 1. The third kappa shape index (κ3) is 4.26. The first-order valence-corrected chi connectivity index (χ1v) is 8.77. The zero-order chi connectivity index (χ0) is 18.0. The molecule has 0 spiro atoms. The van der Waals surface area contributed by atoms with Gasteiger partial charge < -0.3 is 10.6 Å². The van der Waals surface area contributed by atoms with Crippen LogP contribution in [0.1, 0.15) is 36.9 Å². The highest BCUT2D eigenvalue weighted by Gasteiger charge is 2.33. The third-order valence-corrected chi connectivity index (χ3v) is 5.02. The van der Waals surface area contributed by atoms with E-state index in [2.05, 4.69) is 27.4 Å². The fourth-order valence-electron chi connectivity index (χ4n) is 3.76. The summed E-state index contributed by atoms with van der Waals surface area (Å²) in [6.45, 7) is 4.57. The predicted octanol–water partition coefficient (Wildman–Crippen LogP) is 3.03. The van der Waals surface area contributed by atoms with E-state index in [-0.39, 0.29) is 6.04 Å². The average molecular weight is 354 g/mol. The zero-order valence-electron chi connectivity index (χ0n) is 14.6. The molecule has 138 valence electrons. The van der Waals surface area contributed by atoms with Crippen molar-refractivity contribution in [1.29, 1.82) is 0 Å². The van der Waals surface area contributed by atoms with Crippen LogP contribution in [0.5, 0.6) is 0 Å². The second kappa shape index (κ2) is 7.23. The van der Waals surface area contributed by atoms with Crippen LogP contribution in [-0.2, 0) is 6.18 Å². The molecule has 0 saturated carbocycles. The Hall–Kier alpha value is -1.76. The number of piperidine rings is 1. The van der Waals surface area contributed by atoms with Crippen LogP contribution in [0.25, 0.3) is 0 Å². The molecule has 2 N–H and O–H groups in total. The monoisotopic (exact) mass is 354 g/mol. The van der Waals surface area contributed by atoms with Crippen LogP contribution >= 0.6 is 0 Å². The number of halogens is 3. The highest BCUT2D eigenvalue weighted by molar-refractivity contribution is 5.81. The van der Waals surface area contributed by atoms with E-state index >= 15 is 0 Å². The van der Waals surface area contributed by atoms with Gasteiger partial charge in [-0.15, -0.1) is 0 Å². The fourth-order valence-corrected chi connectivity index (χ4v) is 3.76. The molecule has 0 amide bonds. The Morgan fingerprint density at radius 1 is 1.28 bits per heavy atom. The van der Waals surface area contributed by atoms with Gasteiger partial charge in [0.1, 0.15) is 0 Å². The lowest BCUT2D eigenvalue weighted by Gasteiger charge is -2.40. The van der Waals surface area contributed by atoms with E-state index in [1.165, 1.54) is 12.1 Å². The first-order valence-electron chi connectivity index (χ1n) is 8.77. The van der Waals surface area contributed by atoms with Crippen molar-refractivity contribution in [2.24, 2.45) is 10.9 Å². The van der Waals surface area contributed by atoms with Crippen molar-refractivity contribution in [3.05, 3.63) is 35.4 Å². The molecular weight excluding hydrogens is 329 g/mol. The van der Waals surface area contributed by atoms with E-state index in [0.29, 0.717) is 12.0 Å².